The molecule has 2 rings (SSSR count). The quantitative estimate of drug-likeness (QED) is 0.873. The van der Waals surface area contributed by atoms with Crippen molar-refractivity contribution >= 4 is 0 Å². The van der Waals surface area contributed by atoms with Crippen LogP contribution >= 0.6 is 0 Å². The van der Waals surface area contributed by atoms with Crippen molar-refractivity contribution in [2.24, 2.45) is 11.8 Å². The number of hydrogen-bond acceptors (Lipinski definition) is 2. The average molecular weight is 261 g/mol. The predicted octanol–water partition coefficient (Wildman–Crippen LogP) is 3.65. The van der Waals surface area contributed by atoms with Crippen LogP contribution in [-0.2, 0) is 6.42 Å². The van der Waals surface area contributed by atoms with E-state index in [2.05, 4.69) is 37.4 Å². The third kappa shape index (κ3) is 4.24. The van der Waals surface area contributed by atoms with Crippen LogP contribution in [0.15, 0.2) is 24.3 Å². The Kier molecular flexibility index (Phi) is 5.26. The molecule has 0 saturated heterocycles. The van der Waals surface area contributed by atoms with Crippen molar-refractivity contribution in [3.05, 3.63) is 29.8 Å². The standard InChI is InChI=1S/C17H27NO/c1-13-7-8-17(14(2)11-13)18-10-9-15-5-4-6-16(12-15)19-3/h4-6,12-14,17-18H,7-11H2,1-3H3. The fourth-order valence-corrected chi connectivity index (χ4v) is 3.20. The van der Waals surface area contributed by atoms with E-state index in [1.165, 1.54) is 24.8 Å². The van der Waals surface area contributed by atoms with Gasteiger partial charge in [0.1, 0.15) is 5.75 Å². The third-order valence-corrected chi connectivity index (χ3v) is 4.39. The van der Waals surface area contributed by atoms with E-state index in [0.29, 0.717) is 6.04 Å². The summed E-state index contributed by atoms with van der Waals surface area (Å²) in [5.41, 5.74) is 1.35. The second-order valence-electron chi connectivity index (χ2n) is 6.06. The van der Waals surface area contributed by atoms with E-state index in [4.69, 9.17) is 4.74 Å². The van der Waals surface area contributed by atoms with Gasteiger partial charge in [0, 0.05) is 6.04 Å². The lowest BCUT2D eigenvalue weighted by molar-refractivity contribution is 0.229. The van der Waals surface area contributed by atoms with Crippen molar-refractivity contribution in [1.29, 1.82) is 0 Å². The van der Waals surface area contributed by atoms with E-state index in [1.54, 1.807) is 7.11 Å². The molecule has 0 amide bonds. The van der Waals surface area contributed by atoms with Crippen molar-refractivity contribution in [2.45, 2.75) is 45.6 Å². The number of benzene rings is 1. The molecule has 2 heteroatoms. The largest absolute Gasteiger partial charge is 0.497 e. The van der Waals surface area contributed by atoms with Gasteiger partial charge in [-0.2, -0.15) is 0 Å². The summed E-state index contributed by atoms with van der Waals surface area (Å²) < 4.78 is 5.26. The van der Waals surface area contributed by atoms with Crippen molar-refractivity contribution in [3.63, 3.8) is 0 Å². The van der Waals surface area contributed by atoms with Crippen molar-refractivity contribution < 1.29 is 4.74 Å². The van der Waals surface area contributed by atoms with E-state index in [-0.39, 0.29) is 0 Å². The van der Waals surface area contributed by atoms with Crippen LogP contribution in [0.1, 0.15) is 38.7 Å². The van der Waals surface area contributed by atoms with Crippen molar-refractivity contribution in [3.8, 4) is 5.75 Å². The van der Waals surface area contributed by atoms with Gasteiger partial charge in [-0.05, 0) is 61.8 Å². The van der Waals surface area contributed by atoms with Crippen molar-refractivity contribution in [2.75, 3.05) is 13.7 Å². The molecule has 0 radical (unpaired) electrons. The van der Waals surface area contributed by atoms with E-state index in [9.17, 15) is 0 Å². The second kappa shape index (κ2) is 6.95. The maximum atomic E-state index is 5.26. The molecule has 1 fully saturated rings. The van der Waals surface area contributed by atoms with E-state index in [0.717, 1.165) is 30.6 Å². The molecule has 1 aliphatic rings. The first-order valence-corrected chi connectivity index (χ1v) is 7.55. The maximum absolute atomic E-state index is 5.26. The number of nitrogens with one attached hydrogen (secondary N) is 1. The lowest BCUT2D eigenvalue weighted by Crippen LogP contribution is -2.39. The molecule has 0 aromatic heterocycles. The van der Waals surface area contributed by atoms with Crippen LogP contribution in [0.25, 0.3) is 0 Å². The molecule has 1 aliphatic carbocycles. The highest BCUT2D eigenvalue weighted by Gasteiger charge is 2.24. The highest BCUT2D eigenvalue weighted by molar-refractivity contribution is 5.28. The summed E-state index contributed by atoms with van der Waals surface area (Å²) in [5, 5.41) is 3.74. The first-order valence-electron chi connectivity index (χ1n) is 7.55. The summed E-state index contributed by atoms with van der Waals surface area (Å²) in [6, 6.07) is 9.09. The molecule has 1 saturated carbocycles. The Hall–Kier alpha value is -1.02. The van der Waals surface area contributed by atoms with Crippen LogP contribution in [0.2, 0.25) is 0 Å². The van der Waals surface area contributed by atoms with E-state index >= 15 is 0 Å². The molecule has 2 nitrogen and oxygen atoms in total. The zero-order valence-electron chi connectivity index (χ0n) is 12.5. The second-order valence-corrected chi connectivity index (χ2v) is 6.06. The lowest BCUT2D eigenvalue weighted by atomic mass is 9.80. The Morgan fingerprint density at radius 2 is 2.11 bits per heavy atom. The summed E-state index contributed by atoms with van der Waals surface area (Å²) in [6.45, 7) is 5.83. The highest BCUT2D eigenvalue weighted by atomic mass is 16.5. The van der Waals surface area contributed by atoms with Gasteiger partial charge in [-0.1, -0.05) is 26.0 Å². The lowest BCUT2D eigenvalue weighted by Gasteiger charge is -2.33. The summed E-state index contributed by atoms with van der Waals surface area (Å²) in [4.78, 5) is 0. The number of rotatable bonds is 5. The normalized spacial score (nSPS) is 27.2. The SMILES string of the molecule is COc1cccc(CCNC2CCC(C)CC2C)c1. The van der Waals surface area contributed by atoms with Crippen LogP contribution < -0.4 is 10.1 Å². The molecule has 1 N–H and O–H groups in total. The fraction of sp³-hybridized carbons (Fsp3) is 0.647. The predicted molar refractivity (Wildman–Crippen MR) is 80.7 cm³/mol. The van der Waals surface area contributed by atoms with Gasteiger partial charge in [0.25, 0.3) is 0 Å². The Morgan fingerprint density at radius 3 is 2.84 bits per heavy atom. The van der Waals surface area contributed by atoms with Crippen LogP contribution in [0.4, 0.5) is 0 Å². The van der Waals surface area contributed by atoms with Crippen LogP contribution in [-0.4, -0.2) is 19.7 Å². The number of hydrogen-bond donors (Lipinski definition) is 1. The van der Waals surface area contributed by atoms with Crippen molar-refractivity contribution in [1.82, 2.24) is 5.32 Å². The topological polar surface area (TPSA) is 21.3 Å². The molecule has 19 heavy (non-hydrogen) atoms. The molecule has 0 spiro atoms. The molecule has 3 unspecified atom stereocenters. The Balaban J connectivity index is 1.76. The van der Waals surface area contributed by atoms with Gasteiger partial charge in [-0.25, -0.2) is 0 Å². The van der Waals surface area contributed by atoms with Crippen LogP contribution in [0.3, 0.4) is 0 Å². The smallest absolute Gasteiger partial charge is 0.119 e. The summed E-state index contributed by atoms with van der Waals surface area (Å²) in [7, 11) is 1.72. The van der Waals surface area contributed by atoms with Gasteiger partial charge in [-0.15, -0.1) is 0 Å². The molecule has 0 aliphatic heterocycles. The first kappa shape index (κ1) is 14.4. The molecular formula is C17H27NO. The minimum absolute atomic E-state index is 0.710. The van der Waals surface area contributed by atoms with Gasteiger partial charge >= 0.3 is 0 Å². The summed E-state index contributed by atoms with van der Waals surface area (Å²) in [6.07, 6.45) is 5.16. The maximum Gasteiger partial charge on any atom is 0.119 e. The zero-order valence-corrected chi connectivity index (χ0v) is 12.5. The molecule has 3 atom stereocenters. The Morgan fingerprint density at radius 1 is 1.26 bits per heavy atom. The van der Waals surface area contributed by atoms with E-state index in [1.807, 2.05) is 6.07 Å². The van der Waals surface area contributed by atoms with Gasteiger partial charge in [-0.3, -0.25) is 0 Å². The van der Waals surface area contributed by atoms with E-state index < -0.39 is 0 Å². The monoisotopic (exact) mass is 261 g/mol. The highest BCUT2D eigenvalue weighted by Crippen LogP contribution is 2.28. The van der Waals surface area contributed by atoms with Gasteiger partial charge in [0.2, 0.25) is 0 Å². The molecule has 0 bridgehead atoms. The molecular weight excluding hydrogens is 234 g/mol. The Labute approximate surface area is 117 Å². The summed E-state index contributed by atoms with van der Waals surface area (Å²) >= 11 is 0. The molecule has 0 heterocycles. The number of ether oxygens (including phenoxy) is 1. The Bertz CT molecular complexity index is 391. The van der Waals surface area contributed by atoms with Gasteiger partial charge in [0.15, 0.2) is 0 Å². The molecule has 106 valence electrons. The fourth-order valence-electron chi connectivity index (χ4n) is 3.20. The zero-order chi connectivity index (χ0) is 13.7. The average Bonchev–Trinajstić information content (AvgIpc) is 2.41. The summed E-state index contributed by atoms with van der Waals surface area (Å²) in [5.74, 6) is 2.68. The molecule has 1 aromatic carbocycles. The van der Waals surface area contributed by atoms with Crippen LogP contribution in [0.5, 0.6) is 5.75 Å². The first-order chi connectivity index (χ1) is 9.19. The third-order valence-electron chi connectivity index (χ3n) is 4.39. The molecule has 1 aromatic rings. The van der Waals surface area contributed by atoms with Crippen LogP contribution in [0, 0.1) is 11.8 Å². The van der Waals surface area contributed by atoms with Gasteiger partial charge in [0.05, 0.1) is 7.11 Å². The minimum Gasteiger partial charge on any atom is -0.497 e. The number of methoxy groups -OCH3 is 1. The minimum atomic E-state index is 0.710. The van der Waals surface area contributed by atoms with Gasteiger partial charge < -0.3 is 10.1 Å².